The molecule has 6 nitrogen and oxygen atoms in total. The molecule has 3 N–H and O–H groups in total. The van der Waals surface area contributed by atoms with E-state index in [2.05, 4.69) is 18.0 Å². The second-order valence-corrected chi connectivity index (χ2v) is 10.5. The van der Waals surface area contributed by atoms with Gasteiger partial charge < -0.3 is 20.5 Å². The number of pyridine rings is 1. The molecule has 1 aromatic carbocycles. The summed E-state index contributed by atoms with van der Waals surface area (Å²) in [6.45, 7) is 4.78. The van der Waals surface area contributed by atoms with Gasteiger partial charge in [-0.1, -0.05) is 0 Å². The lowest BCUT2D eigenvalue weighted by Gasteiger charge is -2.22. The predicted octanol–water partition coefficient (Wildman–Crippen LogP) is 5.23. The SMILES string of the molecule is Cc1sc2cc(Oc3ccnc4cc(C(=O)N5CCC[C@H]5CO)sc34)ccc2c1C(C)N. The van der Waals surface area contributed by atoms with Crippen molar-refractivity contribution in [2.24, 2.45) is 5.73 Å². The van der Waals surface area contributed by atoms with Gasteiger partial charge in [-0.05, 0) is 61.9 Å². The molecule has 1 saturated heterocycles. The smallest absolute Gasteiger partial charge is 0.264 e. The molecule has 5 rings (SSSR count). The van der Waals surface area contributed by atoms with Crippen molar-refractivity contribution in [3.05, 3.63) is 51.8 Å². The summed E-state index contributed by atoms with van der Waals surface area (Å²) in [6, 6.07) is 9.61. The third-order valence-corrected chi connectivity index (χ3v) is 8.21. The molecule has 0 spiro atoms. The molecule has 4 heterocycles. The molecule has 0 aliphatic carbocycles. The average Bonchev–Trinajstić information content (AvgIpc) is 3.48. The number of fused-ring (bicyclic) bond motifs is 2. The van der Waals surface area contributed by atoms with Crippen molar-refractivity contribution in [1.29, 1.82) is 0 Å². The number of carbonyl (C=O) groups excluding carboxylic acids is 1. The van der Waals surface area contributed by atoms with Crippen LogP contribution in [0.2, 0.25) is 0 Å². The van der Waals surface area contributed by atoms with Crippen LogP contribution >= 0.6 is 22.7 Å². The van der Waals surface area contributed by atoms with Gasteiger partial charge in [0, 0.05) is 34.4 Å². The first-order chi connectivity index (χ1) is 15.5. The minimum atomic E-state index is -0.0986. The van der Waals surface area contributed by atoms with Crippen molar-refractivity contribution in [3.8, 4) is 11.5 Å². The number of aliphatic hydroxyl groups is 1. The number of aryl methyl sites for hydroxylation is 1. The average molecular weight is 468 g/mol. The summed E-state index contributed by atoms with van der Waals surface area (Å²) in [5, 5.41) is 10.7. The number of hydrogen-bond donors (Lipinski definition) is 2. The number of amides is 1. The lowest BCUT2D eigenvalue weighted by molar-refractivity contribution is 0.0682. The number of benzene rings is 1. The zero-order valence-electron chi connectivity index (χ0n) is 18.0. The minimum Gasteiger partial charge on any atom is -0.456 e. The zero-order valence-corrected chi connectivity index (χ0v) is 19.6. The van der Waals surface area contributed by atoms with Crippen molar-refractivity contribution in [2.75, 3.05) is 13.2 Å². The Morgan fingerprint density at radius 3 is 2.97 bits per heavy atom. The number of hydrogen-bond acceptors (Lipinski definition) is 7. The summed E-state index contributed by atoms with van der Waals surface area (Å²) in [7, 11) is 0. The fourth-order valence-electron chi connectivity index (χ4n) is 4.51. The van der Waals surface area contributed by atoms with Crippen molar-refractivity contribution < 1.29 is 14.6 Å². The van der Waals surface area contributed by atoms with Crippen LogP contribution < -0.4 is 10.5 Å². The van der Waals surface area contributed by atoms with Crippen LogP contribution in [-0.2, 0) is 0 Å². The maximum absolute atomic E-state index is 13.0. The molecule has 166 valence electrons. The summed E-state index contributed by atoms with van der Waals surface area (Å²) in [5.74, 6) is 1.37. The molecule has 1 unspecified atom stereocenters. The number of nitrogens with two attached hydrogens (primary N) is 1. The van der Waals surface area contributed by atoms with E-state index in [1.54, 1.807) is 22.4 Å². The molecule has 0 bridgehead atoms. The molecule has 0 radical (unpaired) electrons. The van der Waals surface area contributed by atoms with E-state index >= 15 is 0 Å². The predicted molar refractivity (Wildman–Crippen MR) is 130 cm³/mol. The van der Waals surface area contributed by atoms with Gasteiger partial charge in [-0.15, -0.1) is 22.7 Å². The maximum Gasteiger partial charge on any atom is 0.264 e. The van der Waals surface area contributed by atoms with Gasteiger partial charge in [-0.2, -0.15) is 0 Å². The topological polar surface area (TPSA) is 88.7 Å². The molecule has 1 amide bonds. The van der Waals surface area contributed by atoms with E-state index in [1.807, 2.05) is 31.2 Å². The van der Waals surface area contributed by atoms with Gasteiger partial charge in [0.25, 0.3) is 5.91 Å². The van der Waals surface area contributed by atoms with Crippen LogP contribution in [0.15, 0.2) is 36.5 Å². The number of thiophene rings is 2. The quantitative estimate of drug-likeness (QED) is 0.420. The number of nitrogens with zero attached hydrogens (tertiary/aromatic N) is 2. The molecular weight excluding hydrogens is 442 g/mol. The Hall–Kier alpha value is -2.52. The van der Waals surface area contributed by atoms with Crippen LogP contribution in [0.1, 0.15) is 45.9 Å². The molecule has 4 aromatic rings. The van der Waals surface area contributed by atoms with Crippen LogP contribution in [0.5, 0.6) is 11.5 Å². The summed E-state index contributed by atoms with van der Waals surface area (Å²) in [5.41, 5.74) is 8.09. The number of aliphatic hydroxyl groups excluding tert-OH is 1. The molecule has 2 atom stereocenters. The Balaban J connectivity index is 1.47. The maximum atomic E-state index is 13.0. The summed E-state index contributed by atoms with van der Waals surface area (Å²) < 4.78 is 8.24. The normalized spacial score (nSPS) is 17.4. The molecule has 3 aromatic heterocycles. The highest BCUT2D eigenvalue weighted by molar-refractivity contribution is 7.21. The molecule has 32 heavy (non-hydrogen) atoms. The van der Waals surface area contributed by atoms with E-state index in [0.717, 1.165) is 33.5 Å². The molecule has 0 saturated carbocycles. The van der Waals surface area contributed by atoms with Gasteiger partial charge in [-0.25, -0.2) is 0 Å². The number of ether oxygens (including phenoxy) is 1. The van der Waals surface area contributed by atoms with Gasteiger partial charge in [0.05, 0.1) is 27.7 Å². The summed E-state index contributed by atoms with van der Waals surface area (Å²) in [4.78, 5) is 21.1. The van der Waals surface area contributed by atoms with Crippen molar-refractivity contribution >= 4 is 48.9 Å². The van der Waals surface area contributed by atoms with Crippen LogP contribution in [-0.4, -0.2) is 40.1 Å². The first-order valence-electron chi connectivity index (χ1n) is 10.7. The largest absolute Gasteiger partial charge is 0.456 e. The van der Waals surface area contributed by atoms with Gasteiger partial charge >= 0.3 is 0 Å². The second-order valence-electron chi connectivity index (χ2n) is 8.23. The van der Waals surface area contributed by atoms with E-state index in [-0.39, 0.29) is 24.6 Å². The Labute approximate surface area is 194 Å². The van der Waals surface area contributed by atoms with Gasteiger partial charge in [-0.3, -0.25) is 9.78 Å². The lowest BCUT2D eigenvalue weighted by atomic mass is 10.1. The highest BCUT2D eigenvalue weighted by atomic mass is 32.1. The Bertz CT molecular complexity index is 1310. The summed E-state index contributed by atoms with van der Waals surface area (Å²) >= 11 is 3.11. The van der Waals surface area contributed by atoms with Crippen LogP contribution in [0.3, 0.4) is 0 Å². The lowest BCUT2D eigenvalue weighted by Crippen LogP contribution is -2.37. The highest BCUT2D eigenvalue weighted by Gasteiger charge is 2.30. The van der Waals surface area contributed by atoms with E-state index in [1.165, 1.54) is 27.2 Å². The molecular formula is C24H25N3O3S2. The van der Waals surface area contributed by atoms with Gasteiger partial charge in [0.15, 0.2) is 0 Å². The summed E-state index contributed by atoms with van der Waals surface area (Å²) in [6.07, 6.45) is 3.46. The minimum absolute atomic E-state index is 0.00142. The second kappa shape index (κ2) is 8.44. The molecule has 1 aliphatic heterocycles. The van der Waals surface area contributed by atoms with Crippen LogP contribution in [0.25, 0.3) is 20.3 Å². The monoisotopic (exact) mass is 467 g/mol. The highest BCUT2D eigenvalue weighted by Crippen LogP contribution is 2.39. The first kappa shape index (κ1) is 21.3. The number of aromatic nitrogens is 1. The molecule has 1 aliphatic rings. The van der Waals surface area contributed by atoms with Gasteiger partial charge in [0.2, 0.25) is 0 Å². The van der Waals surface area contributed by atoms with Crippen molar-refractivity contribution in [3.63, 3.8) is 0 Å². The Kier molecular flexibility index (Phi) is 5.63. The van der Waals surface area contributed by atoms with Crippen molar-refractivity contribution in [2.45, 2.75) is 38.8 Å². The Morgan fingerprint density at radius 2 is 2.19 bits per heavy atom. The zero-order chi connectivity index (χ0) is 22.4. The number of rotatable bonds is 5. The van der Waals surface area contributed by atoms with E-state index in [0.29, 0.717) is 17.2 Å². The van der Waals surface area contributed by atoms with E-state index in [9.17, 15) is 9.90 Å². The third-order valence-electron chi connectivity index (χ3n) is 6.00. The van der Waals surface area contributed by atoms with Gasteiger partial charge in [0.1, 0.15) is 11.5 Å². The van der Waals surface area contributed by atoms with E-state index < -0.39 is 0 Å². The van der Waals surface area contributed by atoms with Crippen LogP contribution in [0.4, 0.5) is 0 Å². The number of likely N-dealkylation sites (tertiary alicyclic amines) is 1. The van der Waals surface area contributed by atoms with E-state index in [4.69, 9.17) is 10.5 Å². The molecule has 8 heteroatoms. The van der Waals surface area contributed by atoms with Crippen molar-refractivity contribution in [1.82, 2.24) is 9.88 Å². The third kappa shape index (κ3) is 3.67. The Morgan fingerprint density at radius 1 is 1.34 bits per heavy atom. The fraction of sp³-hybridized carbons (Fsp3) is 0.333. The van der Waals surface area contributed by atoms with Crippen LogP contribution in [0, 0.1) is 6.92 Å². The molecule has 1 fully saturated rings. The first-order valence-corrected chi connectivity index (χ1v) is 12.4. The standard InChI is InChI=1S/C24H25N3O3S2/c1-13(25)22-14(2)31-20-10-16(5-6-17(20)22)30-19-7-8-26-18-11-21(32-23(18)19)24(29)27-9-3-4-15(27)12-28/h5-8,10-11,13,15,28H,3-4,9,12,25H2,1-2H3/t13?,15-/m0/s1. The fourth-order valence-corrected chi connectivity index (χ4v) is 6.73. The number of carbonyl (C=O) groups is 1.